The second-order valence-corrected chi connectivity index (χ2v) is 5.57. The van der Waals surface area contributed by atoms with Gasteiger partial charge in [0.15, 0.2) is 0 Å². The number of rotatable bonds is 3. The second-order valence-electron chi connectivity index (χ2n) is 4.92. The van der Waals surface area contributed by atoms with E-state index in [0.29, 0.717) is 18.4 Å². The lowest BCUT2D eigenvalue weighted by Gasteiger charge is -2.25. The highest BCUT2D eigenvalue weighted by Gasteiger charge is 2.33. The van der Waals surface area contributed by atoms with Gasteiger partial charge >= 0.3 is 0 Å². The number of aromatic hydroxyl groups is 1. The van der Waals surface area contributed by atoms with Crippen LogP contribution >= 0.6 is 15.9 Å². The van der Waals surface area contributed by atoms with Crippen LogP contribution in [0.4, 0.5) is 0 Å². The van der Waals surface area contributed by atoms with Crippen LogP contribution in [0.1, 0.15) is 18.9 Å². The average Bonchev–Trinajstić information content (AvgIpc) is 2.70. The predicted octanol–water partition coefficient (Wildman–Crippen LogP) is 2.57. The van der Waals surface area contributed by atoms with Gasteiger partial charge in [0.05, 0.1) is 6.42 Å². The minimum absolute atomic E-state index is 0.148. The topological polar surface area (TPSA) is 40.5 Å². The van der Waals surface area contributed by atoms with Crippen LogP contribution in [-0.2, 0) is 11.2 Å². The lowest BCUT2D eigenvalue weighted by atomic mass is 10.0. The molecule has 2 atom stereocenters. The van der Waals surface area contributed by atoms with E-state index >= 15 is 0 Å². The Hall–Kier alpha value is -1.03. The van der Waals surface area contributed by atoms with Gasteiger partial charge in [0.25, 0.3) is 0 Å². The molecule has 2 unspecified atom stereocenters. The van der Waals surface area contributed by atoms with Gasteiger partial charge in [0, 0.05) is 17.9 Å². The van der Waals surface area contributed by atoms with E-state index in [1.54, 1.807) is 18.2 Å². The van der Waals surface area contributed by atoms with Gasteiger partial charge in [-0.2, -0.15) is 0 Å². The van der Waals surface area contributed by atoms with Gasteiger partial charge in [-0.3, -0.25) is 4.79 Å². The summed E-state index contributed by atoms with van der Waals surface area (Å²) in [4.78, 5) is 14.2. The molecule has 1 fully saturated rings. The van der Waals surface area contributed by atoms with E-state index in [9.17, 15) is 9.90 Å². The summed E-state index contributed by atoms with van der Waals surface area (Å²) in [7, 11) is 0. The molecule has 0 aliphatic carbocycles. The lowest BCUT2D eigenvalue weighted by molar-refractivity contribution is -0.131. The van der Waals surface area contributed by atoms with Crippen molar-refractivity contribution in [3.63, 3.8) is 0 Å². The third-order valence-electron chi connectivity index (χ3n) is 3.63. The smallest absolute Gasteiger partial charge is 0.227 e. The number of nitrogens with zero attached hydrogens (tertiary/aromatic N) is 1. The molecule has 1 aliphatic rings. The molecule has 1 saturated heterocycles. The van der Waals surface area contributed by atoms with Gasteiger partial charge in [-0.25, -0.2) is 0 Å². The van der Waals surface area contributed by atoms with Crippen molar-refractivity contribution in [2.75, 3.05) is 11.9 Å². The van der Waals surface area contributed by atoms with E-state index in [4.69, 9.17) is 0 Å². The summed E-state index contributed by atoms with van der Waals surface area (Å²) in [6.07, 6.45) is 1.44. The zero-order valence-corrected chi connectivity index (χ0v) is 12.1. The number of phenols is 1. The molecule has 1 aromatic rings. The van der Waals surface area contributed by atoms with Crippen molar-refractivity contribution in [1.82, 2.24) is 4.90 Å². The third kappa shape index (κ3) is 2.86. The number of hydrogen-bond donors (Lipinski definition) is 1. The van der Waals surface area contributed by atoms with Gasteiger partial charge < -0.3 is 10.0 Å². The lowest BCUT2D eigenvalue weighted by Crippen LogP contribution is -2.39. The van der Waals surface area contributed by atoms with Crippen molar-refractivity contribution < 1.29 is 9.90 Å². The molecule has 2 rings (SSSR count). The first-order valence-corrected chi connectivity index (χ1v) is 7.37. The van der Waals surface area contributed by atoms with E-state index in [1.807, 2.05) is 11.0 Å². The number of alkyl halides is 1. The molecule has 4 heteroatoms. The molecule has 1 amide bonds. The van der Waals surface area contributed by atoms with Crippen LogP contribution in [0.2, 0.25) is 0 Å². The van der Waals surface area contributed by atoms with Gasteiger partial charge in [-0.15, -0.1) is 0 Å². The van der Waals surface area contributed by atoms with Crippen LogP contribution in [0, 0.1) is 5.92 Å². The maximum atomic E-state index is 12.3. The molecule has 1 heterocycles. The Kier molecular flexibility index (Phi) is 4.27. The van der Waals surface area contributed by atoms with Crippen molar-refractivity contribution in [2.24, 2.45) is 5.92 Å². The summed E-state index contributed by atoms with van der Waals surface area (Å²) in [5.41, 5.74) is 0.868. The Bertz CT molecular complexity index is 436. The van der Waals surface area contributed by atoms with Crippen LogP contribution < -0.4 is 0 Å². The predicted molar refractivity (Wildman–Crippen MR) is 74.9 cm³/mol. The Morgan fingerprint density at radius 1 is 1.56 bits per heavy atom. The first kappa shape index (κ1) is 13.4. The van der Waals surface area contributed by atoms with Crippen molar-refractivity contribution in [1.29, 1.82) is 0 Å². The van der Waals surface area contributed by atoms with E-state index < -0.39 is 0 Å². The highest BCUT2D eigenvalue weighted by Crippen LogP contribution is 2.26. The van der Waals surface area contributed by atoms with E-state index in [1.165, 1.54) is 0 Å². The molecule has 18 heavy (non-hydrogen) atoms. The first-order chi connectivity index (χ1) is 8.61. The third-order valence-corrected chi connectivity index (χ3v) is 4.29. The first-order valence-electron chi connectivity index (χ1n) is 6.25. The number of benzene rings is 1. The molecule has 1 N–H and O–H groups in total. The van der Waals surface area contributed by atoms with Crippen molar-refractivity contribution in [3.8, 4) is 5.75 Å². The fraction of sp³-hybridized carbons (Fsp3) is 0.500. The van der Waals surface area contributed by atoms with E-state index in [-0.39, 0.29) is 11.7 Å². The van der Waals surface area contributed by atoms with E-state index in [0.717, 1.165) is 23.9 Å². The van der Waals surface area contributed by atoms with Crippen LogP contribution in [0.5, 0.6) is 5.75 Å². The quantitative estimate of drug-likeness (QED) is 0.872. The Morgan fingerprint density at radius 2 is 2.33 bits per heavy atom. The van der Waals surface area contributed by atoms with Crippen LogP contribution in [-0.4, -0.2) is 33.8 Å². The zero-order chi connectivity index (χ0) is 13.1. The molecule has 98 valence electrons. The second kappa shape index (κ2) is 5.74. The highest BCUT2D eigenvalue weighted by atomic mass is 79.9. The Balaban J connectivity index is 2.04. The SMILES string of the molecule is CC1CCN(C(=O)Cc2cccc(O)c2)C1CBr. The van der Waals surface area contributed by atoms with Gasteiger partial charge in [-0.05, 0) is 30.0 Å². The fourth-order valence-electron chi connectivity index (χ4n) is 2.50. The van der Waals surface area contributed by atoms with Gasteiger partial charge in [-0.1, -0.05) is 35.0 Å². The zero-order valence-electron chi connectivity index (χ0n) is 10.5. The van der Waals surface area contributed by atoms with Gasteiger partial charge in [0.1, 0.15) is 5.75 Å². The number of amides is 1. The number of halogens is 1. The standard InChI is InChI=1S/C14H18BrNO2/c1-10-5-6-16(13(10)9-15)14(18)8-11-3-2-4-12(17)7-11/h2-4,7,10,13,17H,5-6,8-9H2,1H3. The maximum absolute atomic E-state index is 12.3. The summed E-state index contributed by atoms with van der Waals surface area (Å²) >= 11 is 3.49. The summed E-state index contributed by atoms with van der Waals surface area (Å²) in [5, 5.41) is 10.2. The van der Waals surface area contributed by atoms with Crippen molar-refractivity contribution >= 4 is 21.8 Å². The van der Waals surface area contributed by atoms with Crippen molar-refractivity contribution in [2.45, 2.75) is 25.8 Å². The summed E-state index contributed by atoms with van der Waals surface area (Å²) in [5.74, 6) is 0.916. The van der Waals surface area contributed by atoms with Crippen molar-refractivity contribution in [3.05, 3.63) is 29.8 Å². The average molecular weight is 312 g/mol. The number of carbonyl (C=O) groups excluding carboxylic acids is 1. The molecule has 0 bridgehead atoms. The molecule has 0 aromatic heterocycles. The van der Waals surface area contributed by atoms with Gasteiger partial charge in [0.2, 0.25) is 5.91 Å². The molecule has 0 saturated carbocycles. The molecule has 0 radical (unpaired) electrons. The van der Waals surface area contributed by atoms with Crippen LogP contribution in [0.25, 0.3) is 0 Å². The largest absolute Gasteiger partial charge is 0.508 e. The number of hydrogen-bond acceptors (Lipinski definition) is 2. The van der Waals surface area contributed by atoms with Crippen LogP contribution in [0.15, 0.2) is 24.3 Å². The number of carbonyl (C=O) groups is 1. The highest BCUT2D eigenvalue weighted by molar-refractivity contribution is 9.09. The molecule has 3 nitrogen and oxygen atoms in total. The minimum Gasteiger partial charge on any atom is -0.508 e. The Labute approximate surface area is 116 Å². The molecule has 1 aliphatic heterocycles. The monoisotopic (exact) mass is 311 g/mol. The molecular formula is C14H18BrNO2. The molecule has 1 aromatic carbocycles. The molecule has 0 spiro atoms. The fourth-order valence-corrected chi connectivity index (χ4v) is 3.48. The normalized spacial score (nSPS) is 23.3. The number of likely N-dealkylation sites (tertiary alicyclic amines) is 1. The number of phenolic OH excluding ortho intramolecular Hbond substituents is 1. The summed E-state index contributed by atoms with van der Waals surface area (Å²) in [6.45, 7) is 3.03. The maximum Gasteiger partial charge on any atom is 0.227 e. The summed E-state index contributed by atoms with van der Waals surface area (Å²) < 4.78 is 0. The van der Waals surface area contributed by atoms with E-state index in [2.05, 4.69) is 22.9 Å². The van der Waals surface area contributed by atoms with Crippen LogP contribution in [0.3, 0.4) is 0 Å². The molecular weight excluding hydrogens is 294 g/mol. The summed E-state index contributed by atoms with van der Waals surface area (Å²) in [6, 6.07) is 7.22. The minimum atomic E-state index is 0.148. The Morgan fingerprint density at radius 3 is 3.00 bits per heavy atom.